The summed E-state index contributed by atoms with van der Waals surface area (Å²) < 4.78 is 48.1. The number of amides is 2. The van der Waals surface area contributed by atoms with Gasteiger partial charge in [0.15, 0.2) is 5.75 Å². The van der Waals surface area contributed by atoms with E-state index >= 15 is 0 Å². The quantitative estimate of drug-likeness (QED) is 0.615. The number of phenolic OH excluding ortho intramolecular Hbond substituents is 1. The number of carbonyl (C=O) groups is 2. The number of benzene rings is 1. The van der Waals surface area contributed by atoms with Crippen LogP contribution in [0.4, 0.5) is 19.0 Å². The highest BCUT2D eigenvalue weighted by atomic mass is 35.5. The number of aromatic nitrogens is 1. The highest BCUT2D eigenvalue weighted by Gasteiger charge is 2.58. The Balaban J connectivity index is 1.62. The number of pyridine rings is 1. The number of hydrogen-bond donors (Lipinski definition) is 2. The first-order valence-corrected chi connectivity index (χ1v) is 11.2. The molecule has 2 N–H and O–H groups in total. The predicted molar refractivity (Wildman–Crippen MR) is 120 cm³/mol. The lowest BCUT2D eigenvalue weighted by Crippen LogP contribution is -2.57. The third-order valence-corrected chi connectivity index (χ3v) is 6.67. The molecular formula is C23H20ClF3N4O4. The zero-order valence-corrected chi connectivity index (χ0v) is 19.0. The fourth-order valence-electron chi connectivity index (χ4n) is 4.35. The van der Waals surface area contributed by atoms with Gasteiger partial charge in [0.05, 0.1) is 17.6 Å². The van der Waals surface area contributed by atoms with Crippen molar-refractivity contribution in [1.82, 2.24) is 14.8 Å². The van der Waals surface area contributed by atoms with E-state index in [1.165, 1.54) is 28.0 Å². The van der Waals surface area contributed by atoms with Crippen molar-refractivity contribution in [2.45, 2.75) is 24.4 Å². The number of hydrogen-bond acceptors (Lipinski definition) is 6. The highest BCUT2D eigenvalue weighted by Crippen LogP contribution is 2.48. The lowest BCUT2D eigenvalue weighted by molar-refractivity contribution is -0.128. The molecule has 3 heterocycles. The van der Waals surface area contributed by atoms with E-state index < -0.39 is 41.9 Å². The van der Waals surface area contributed by atoms with Crippen LogP contribution < -0.4 is 10.1 Å². The van der Waals surface area contributed by atoms with E-state index in [0.717, 1.165) is 6.07 Å². The summed E-state index contributed by atoms with van der Waals surface area (Å²) in [6.45, 7) is 3.99. The van der Waals surface area contributed by atoms with Crippen molar-refractivity contribution < 1.29 is 32.6 Å². The van der Waals surface area contributed by atoms with E-state index in [2.05, 4.69) is 16.9 Å². The normalized spacial score (nSPS) is 22.5. The number of nitrogens with one attached hydrogen (secondary N) is 1. The Kier molecular flexibility index (Phi) is 5.54. The monoisotopic (exact) mass is 508 g/mol. The molecule has 0 bridgehead atoms. The van der Waals surface area contributed by atoms with Gasteiger partial charge in [-0.25, -0.2) is 18.2 Å². The molecule has 0 radical (unpaired) electrons. The molecule has 2 fully saturated rings. The largest absolute Gasteiger partial charge is 0.507 e. The Bertz CT molecular complexity index is 1240. The average molecular weight is 509 g/mol. The number of rotatable bonds is 4. The van der Waals surface area contributed by atoms with Crippen molar-refractivity contribution in [1.29, 1.82) is 0 Å². The van der Waals surface area contributed by atoms with Gasteiger partial charge in [-0.05, 0) is 18.2 Å². The van der Waals surface area contributed by atoms with Gasteiger partial charge in [-0.2, -0.15) is 0 Å². The van der Waals surface area contributed by atoms with Gasteiger partial charge in [0.2, 0.25) is 5.91 Å². The topological polar surface area (TPSA) is 95.0 Å². The van der Waals surface area contributed by atoms with Crippen LogP contribution in [0, 0.1) is 5.82 Å². The van der Waals surface area contributed by atoms with Crippen LogP contribution in [0.15, 0.2) is 30.9 Å². The Morgan fingerprint density at radius 1 is 1.34 bits per heavy atom. The van der Waals surface area contributed by atoms with Crippen molar-refractivity contribution >= 4 is 29.2 Å². The summed E-state index contributed by atoms with van der Waals surface area (Å²) in [6.07, 6.45) is 0.710. The SMILES string of the molecule is C=CC(=O)N1CCN2C(=O)c3c(NC4CC4(F)F)nc(-c4c(O)cccc4F)c(Cl)c3OC[C@H]2C1. The van der Waals surface area contributed by atoms with E-state index in [-0.39, 0.29) is 65.6 Å². The van der Waals surface area contributed by atoms with Crippen LogP contribution in [0.5, 0.6) is 11.5 Å². The summed E-state index contributed by atoms with van der Waals surface area (Å²) in [5.41, 5.74) is -0.779. The standard InChI is InChI=1S/C23H20ClF3N4O4/c1-2-15(33)30-6-7-31-11(9-30)10-35-20-17(22(31)34)21(28-14-8-23(14,26)27)29-19(18(20)24)16-12(25)4-3-5-13(16)32/h2-5,11,14,32H,1,6-10H2,(H,28,29)/t11-,14?/m1/s1. The zero-order valence-electron chi connectivity index (χ0n) is 18.2. The molecule has 1 aromatic heterocycles. The number of anilines is 1. The minimum absolute atomic E-state index is 0.0644. The van der Waals surface area contributed by atoms with Gasteiger partial charge in [0, 0.05) is 26.1 Å². The van der Waals surface area contributed by atoms with Gasteiger partial charge < -0.3 is 25.0 Å². The number of ether oxygens (including phenoxy) is 1. The Hall–Kier alpha value is -3.47. The molecule has 1 saturated heterocycles. The maximum atomic E-state index is 14.7. The van der Waals surface area contributed by atoms with E-state index in [1.807, 2.05) is 0 Å². The molecule has 1 aromatic carbocycles. The Morgan fingerprint density at radius 3 is 2.74 bits per heavy atom. The van der Waals surface area contributed by atoms with Crippen LogP contribution in [0.25, 0.3) is 11.3 Å². The third kappa shape index (κ3) is 3.93. The summed E-state index contributed by atoms with van der Waals surface area (Å²) in [5, 5.41) is 12.6. The zero-order chi connectivity index (χ0) is 25.1. The van der Waals surface area contributed by atoms with E-state index in [9.17, 15) is 27.9 Å². The maximum absolute atomic E-state index is 14.7. The van der Waals surface area contributed by atoms with Crippen LogP contribution in [0.3, 0.4) is 0 Å². The molecule has 0 spiro atoms. The number of halogens is 4. The van der Waals surface area contributed by atoms with E-state index in [4.69, 9.17) is 16.3 Å². The summed E-state index contributed by atoms with van der Waals surface area (Å²) in [5.74, 6) is -5.60. The van der Waals surface area contributed by atoms with Crippen molar-refractivity contribution in [2.24, 2.45) is 0 Å². The molecule has 12 heteroatoms. The Labute approximate surface area is 202 Å². The van der Waals surface area contributed by atoms with Crippen LogP contribution in [0.2, 0.25) is 5.02 Å². The maximum Gasteiger partial charge on any atom is 0.270 e. The summed E-state index contributed by atoms with van der Waals surface area (Å²) >= 11 is 6.53. The number of fused-ring (bicyclic) bond motifs is 2. The molecule has 1 saturated carbocycles. The van der Waals surface area contributed by atoms with Crippen LogP contribution >= 0.6 is 11.6 Å². The predicted octanol–water partition coefficient (Wildman–Crippen LogP) is 3.30. The third-order valence-electron chi connectivity index (χ3n) is 6.32. The van der Waals surface area contributed by atoms with Crippen LogP contribution in [0.1, 0.15) is 16.8 Å². The van der Waals surface area contributed by atoms with Gasteiger partial charge in [-0.3, -0.25) is 9.59 Å². The smallest absolute Gasteiger partial charge is 0.270 e. The first-order chi connectivity index (χ1) is 16.6. The summed E-state index contributed by atoms with van der Waals surface area (Å²) in [7, 11) is 0. The molecule has 35 heavy (non-hydrogen) atoms. The van der Waals surface area contributed by atoms with Crippen LogP contribution in [-0.4, -0.2) is 76.0 Å². The molecule has 5 rings (SSSR count). The molecule has 2 amide bonds. The van der Waals surface area contributed by atoms with Crippen molar-refractivity contribution in [3.63, 3.8) is 0 Å². The van der Waals surface area contributed by atoms with Crippen molar-refractivity contribution in [2.75, 3.05) is 31.6 Å². The molecule has 1 aliphatic carbocycles. The number of nitrogens with zero attached hydrogens (tertiary/aromatic N) is 3. The fourth-order valence-corrected chi connectivity index (χ4v) is 4.63. The number of phenols is 1. The number of piperazine rings is 1. The summed E-state index contributed by atoms with van der Waals surface area (Å²) in [4.78, 5) is 32.9. The molecule has 8 nitrogen and oxygen atoms in total. The van der Waals surface area contributed by atoms with Crippen LogP contribution in [-0.2, 0) is 4.79 Å². The molecule has 2 atom stereocenters. The van der Waals surface area contributed by atoms with Gasteiger partial charge in [-0.1, -0.05) is 24.2 Å². The first kappa shape index (κ1) is 23.3. The van der Waals surface area contributed by atoms with Crippen molar-refractivity contribution in [3.8, 4) is 22.8 Å². The lowest BCUT2D eigenvalue weighted by Gasteiger charge is -2.39. The fraction of sp³-hybridized carbons (Fsp3) is 0.348. The van der Waals surface area contributed by atoms with Gasteiger partial charge in [-0.15, -0.1) is 0 Å². The minimum Gasteiger partial charge on any atom is -0.507 e. The average Bonchev–Trinajstić information content (AvgIpc) is 3.46. The number of aromatic hydroxyl groups is 1. The lowest BCUT2D eigenvalue weighted by atomic mass is 10.1. The molecule has 3 aliphatic rings. The Morgan fingerprint density at radius 2 is 2.09 bits per heavy atom. The second kappa shape index (κ2) is 8.33. The molecule has 1 unspecified atom stereocenters. The molecular weight excluding hydrogens is 489 g/mol. The van der Waals surface area contributed by atoms with Gasteiger partial charge in [0.1, 0.15) is 40.3 Å². The van der Waals surface area contributed by atoms with Crippen molar-refractivity contribution in [3.05, 3.63) is 47.3 Å². The second-order valence-electron chi connectivity index (χ2n) is 8.57. The van der Waals surface area contributed by atoms with E-state index in [0.29, 0.717) is 0 Å². The summed E-state index contributed by atoms with van der Waals surface area (Å²) in [6, 6.07) is 1.75. The van der Waals surface area contributed by atoms with Gasteiger partial charge in [0.25, 0.3) is 11.8 Å². The molecule has 184 valence electrons. The number of alkyl halides is 2. The molecule has 2 aromatic rings. The van der Waals surface area contributed by atoms with E-state index in [1.54, 1.807) is 0 Å². The minimum atomic E-state index is -3.00. The molecule has 2 aliphatic heterocycles. The second-order valence-corrected chi connectivity index (χ2v) is 8.95. The first-order valence-electron chi connectivity index (χ1n) is 10.8. The highest BCUT2D eigenvalue weighted by molar-refractivity contribution is 6.35. The van der Waals surface area contributed by atoms with Gasteiger partial charge >= 0.3 is 0 Å². The number of carbonyl (C=O) groups excluding carboxylic acids is 2.